The van der Waals surface area contributed by atoms with Crippen molar-refractivity contribution in [2.75, 3.05) is 5.32 Å². The third-order valence-electron chi connectivity index (χ3n) is 3.25. The number of amides is 1. The van der Waals surface area contributed by atoms with Crippen LogP contribution in [-0.4, -0.2) is 21.0 Å². The standard InChI is InChI=1S/C15H12N4O4S/c1-8-3-4-10(9(2)7-8)14-17-18-15(23-14)16-13(20)11-5-6-12(24-11)19(21)22/h3-7H,1-2H3,(H,16,18,20). The zero-order valence-corrected chi connectivity index (χ0v) is 13.6. The molecule has 2 heterocycles. The van der Waals surface area contributed by atoms with Crippen LogP contribution in [0.3, 0.4) is 0 Å². The second kappa shape index (κ2) is 6.20. The fraction of sp³-hybridized carbons (Fsp3) is 0.133. The summed E-state index contributed by atoms with van der Waals surface area (Å²) in [6.45, 7) is 3.91. The molecule has 1 N–H and O–H groups in total. The van der Waals surface area contributed by atoms with Crippen LogP contribution in [0, 0.1) is 24.0 Å². The Bertz CT molecular complexity index is 931. The van der Waals surface area contributed by atoms with Gasteiger partial charge in [0, 0.05) is 11.6 Å². The van der Waals surface area contributed by atoms with E-state index in [1.165, 1.54) is 12.1 Å². The zero-order valence-electron chi connectivity index (χ0n) is 12.8. The van der Waals surface area contributed by atoms with Crippen LogP contribution in [0.1, 0.15) is 20.8 Å². The average molecular weight is 344 g/mol. The van der Waals surface area contributed by atoms with E-state index < -0.39 is 10.8 Å². The summed E-state index contributed by atoms with van der Waals surface area (Å²) in [5.41, 5.74) is 2.87. The van der Waals surface area contributed by atoms with Gasteiger partial charge >= 0.3 is 11.0 Å². The number of nitrogens with one attached hydrogen (secondary N) is 1. The van der Waals surface area contributed by atoms with Crippen molar-refractivity contribution in [1.29, 1.82) is 0 Å². The number of benzene rings is 1. The molecule has 0 atom stereocenters. The Kier molecular flexibility index (Phi) is 4.09. The van der Waals surface area contributed by atoms with Gasteiger partial charge in [-0.25, -0.2) is 0 Å². The van der Waals surface area contributed by atoms with Crippen molar-refractivity contribution in [2.24, 2.45) is 0 Å². The average Bonchev–Trinajstić information content (AvgIpc) is 3.16. The fourth-order valence-corrected chi connectivity index (χ4v) is 2.86. The minimum Gasteiger partial charge on any atom is -0.403 e. The number of rotatable bonds is 4. The topological polar surface area (TPSA) is 111 Å². The van der Waals surface area contributed by atoms with Crippen molar-refractivity contribution >= 4 is 28.3 Å². The van der Waals surface area contributed by atoms with Gasteiger partial charge in [-0.3, -0.25) is 20.2 Å². The monoisotopic (exact) mass is 344 g/mol. The molecule has 8 nitrogen and oxygen atoms in total. The summed E-state index contributed by atoms with van der Waals surface area (Å²) in [5.74, 6) is -0.246. The molecule has 0 radical (unpaired) electrons. The van der Waals surface area contributed by atoms with Crippen LogP contribution < -0.4 is 5.32 Å². The van der Waals surface area contributed by atoms with E-state index in [2.05, 4.69) is 15.5 Å². The van der Waals surface area contributed by atoms with Crippen molar-refractivity contribution in [3.63, 3.8) is 0 Å². The maximum absolute atomic E-state index is 12.1. The molecule has 0 bridgehead atoms. The van der Waals surface area contributed by atoms with Crippen LogP contribution >= 0.6 is 11.3 Å². The lowest BCUT2D eigenvalue weighted by Gasteiger charge is -2.01. The van der Waals surface area contributed by atoms with Crippen molar-refractivity contribution in [2.45, 2.75) is 13.8 Å². The lowest BCUT2D eigenvalue weighted by molar-refractivity contribution is -0.380. The number of aryl methyl sites for hydroxylation is 2. The summed E-state index contributed by atoms with van der Waals surface area (Å²) in [6.07, 6.45) is 0. The molecule has 0 saturated heterocycles. The summed E-state index contributed by atoms with van der Waals surface area (Å²) in [4.78, 5) is 22.3. The quantitative estimate of drug-likeness (QED) is 0.572. The van der Waals surface area contributed by atoms with Gasteiger partial charge in [-0.2, -0.15) is 0 Å². The van der Waals surface area contributed by atoms with E-state index in [4.69, 9.17) is 4.42 Å². The van der Waals surface area contributed by atoms with Gasteiger partial charge in [0.05, 0.1) is 9.80 Å². The highest BCUT2D eigenvalue weighted by Crippen LogP contribution is 2.26. The largest absolute Gasteiger partial charge is 0.403 e. The Labute approximate surface area is 140 Å². The Morgan fingerprint density at radius 2 is 2.04 bits per heavy atom. The predicted molar refractivity (Wildman–Crippen MR) is 88.1 cm³/mol. The van der Waals surface area contributed by atoms with Crippen LogP contribution in [0.4, 0.5) is 11.0 Å². The van der Waals surface area contributed by atoms with E-state index in [0.29, 0.717) is 5.89 Å². The van der Waals surface area contributed by atoms with Crippen LogP contribution in [0.25, 0.3) is 11.5 Å². The lowest BCUT2D eigenvalue weighted by Crippen LogP contribution is -2.10. The Balaban J connectivity index is 1.78. The second-order valence-electron chi connectivity index (χ2n) is 5.08. The van der Waals surface area contributed by atoms with E-state index in [9.17, 15) is 14.9 Å². The minimum atomic E-state index is -0.549. The number of anilines is 1. The smallest absolute Gasteiger partial charge is 0.324 e. The second-order valence-corrected chi connectivity index (χ2v) is 6.14. The summed E-state index contributed by atoms with van der Waals surface area (Å²) in [7, 11) is 0. The maximum atomic E-state index is 12.1. The molecule has 24 heavy (non-hydrogen) atoms. The summed E-state index contributed by atoms with van der Waals surface area (Å²) in [6, 6.07) is 8.37. The molecular weight excluding hydrogens is 332 g/mol. The third-order valence-corrected chi connectivity index (χ3v) is 4.29. The van der Waals surface area contributed by atoms with Gasteiger partial charge in [0.15, 0.2) is 0 Å². The number of nitro groups is 1. The molecule has 3 aromatic rings. The molecule has 0 spiro atoms. The molecule has 3 rings (SSSR count). The molecule has 122 valence electrons. The number of carbonyl (C=O) groups excluding carboxylic acids is 1. The summed E-state index contributed by atoms with van der Waals surface area (Å²) < 4.78 is 5.45. The molecule has 0 fully saturated rings. The molecule has 0 aliphatic rings. The van der Waals surface area contributed by atoms with Crippen molar-refractivity contribution in [3.05, 3.63) is 56.5 Å². The molecule has 1 aromatic carbocycles. The number of thiophene rings is 1. The molecule has 2 aromatic heterocycles. The predicted octanol–water partition coefficient (Wildman–Crippen LogP) is 3.58. The van der Waals surface area contributed by atoms with Gasteiger partial charge in [-0.05, 0) is 31.5 Å². The van der Waals surface area contributed by atoms with Crippen molar-refractivity contribution < 1.29 is 14.1 Å². The SMILES string of the molecule is Cc1ccc(-c2nnc(NC(=O)c3ccc([N+](=O)[O-])s3)o2)c(C)c1. The molecule has 0 aliphatic heterocycles. The molecule has 0 aliphatic carbocycles. The molecule has 0 unspecified atom stereocenters. The normalized spacial score (nSPS) is 10.6. The molecule has 0 saturated carbocycles. The first-order valence-electron chi connectivity index (χ1n) is 6.91. The number of nitrogens with zero attached hydrogens (tertiary/aromatic N) is 3. The van der Waals surface area contributed by atoms with Crippen molar-refractivity contribution in [3.8, 4) is 11.5 Å². The van der Waals surface area contributed by atoms with E-state index in [-0.39, 0.29) is 15.9 Å². The molecular formula is C15H12N4O4S. The highest BCUT2D eigenvalue weighted by atomic mass is 32.1. The van der Waals surface area contributed by atoms with Gasteiger partial charge in [0.25, 0.3) is 5.91 Å². The first kappa shape index (κ1) is 15.8. The summed E-state index contributed by atoms with van der Waals surface area (Å²) >= 11 is 0.775. The lowest BCUT2D eigenvalue weighted by atomic mass is 10.1. The van der Waals surface area contributed by atoms with Gasteiger partial charge in [-0.1, -0.05) is 34.1 Å². The van der Waals surface area contributed by atoms with E-state index in [0.717, 1.165) is 28.0 Å². The Morgan fingerprint density at radius 1 is 1.25 bits per heavy atom. The van der Waals surface area contributed by atoms with Gasteiger partial charge in [-0.15, -0.1) is 5.10 Å². The van der Waals surface area contributed by atoms with E-state index in [1.807, 2.05) is 32.0 Å². The van der Waals surface area contributed by atoms with Crippen molar-refractivity contribution in [1.82, 2.24) is 10.2 Å². The summed E-state index contributed by atoms with van der Waals surface area (Å²) in [5, 5.41) is 20.7. The van der Waals surface area contributed by atoms with E-state index >= 15 is 0 Å². The third kappa shape index (κ3) is 3.15. The Hall–Kier alpha value is -3.07. The van der Waals surface area contributed by atoms with Gasteiger partial charge in [0.1, 0.15) is 0 Å². The first-order chi connectivity index (χ1) is 11.4. The highest BCUT2D eigenvalue weighted by Gasteiger charge is 2.18. The van der Waals surface area contributed by atoms with E-state index in [1.54, 1.807) is 0 Å². The van der Waals surface area contributed by atoms with Crippen LogP contribution in [0.15, 0.2) is 34.7 Å². The van der Waals surface area contributed by atoms with Crippen LogP contribution in [0.5, 0.6) is 0 Å². The van der Waals surface area contributed by atoms with Crippen LogP contribution in [0.2, 0.25) is 0 Å². The molecule has 9 heteroatoms. The fourth-order valence-electron chi connectivity index (χ4n) is 2.14. The Morgan fingerprint density at radius 3 is 2.71 bits per heavy atom. The number of carbonyl (C=O) groups is 1. The maximum Gasteiger partial charge on any atom is 0.324 e. The highest BCUT2D eigenvalue weighted by molar-refractivity contribution is 7.17. The molecule has 1 amide bonds. The zero-order chi connectivity index (χ0) is 17.3. The number of hydrogen-bond donors (Lipinski definition) is 1. The number of aromatic nitrogens is 2. The minimum absolute atomic E-state index is 0.0639. The number of hydrogen-bond acceptors (Lipinski definition) is 7. The first-order valence-corrected chi connectivity index (χ1v) is 7.72. The van der Waals surface area contributed by atoms with Gasteiger partial charge < -0.3 is 4.42 Å². The van der Waals surface area contributed by atoms with Crippen LogP contribution in [-0.2, 0) is 0 Å². The van der Waals surface area contributed by atoms with Gasteiger partial charge in [0.2, 0.25) is 5.89 Å².